The topological polar surface area (TPSA) is 56.4 Å². The molecule has 1 fully saturated rings. The van der Waals surface area contributed by atoms with Gasteiger partial charge >= 0.3 is 0 Å². The van der Waals surface area contributed by atoms with Gasteiger partial charge in [-0.05, 0) is 38.9 Å². The highest BCUT2D eigenvalue weighted by Gasteiger charge is 2.23. The number of nitrogens with one attached hydrogen (secondary N) is 1. The summed E-state index contributed by atoms with van der Waals surface area (Å²) in [6, 6.07) is 2.99. The Kier molecular flexibility index (Phi) is 4.37. The molecule has 1 aliphatic heterocycles. The van der Waals surface area contributed by atoms with Gasteiger partial charge in [-0.3, -0.25) is 9.59 Å². The molecular weight excluding hydrogens is 242 g/mol. The molecule has 0 atom stereocenters. The van der Waals surface area contributed by atoms with Crippen molar-refractivity contribution in [2.45, 2.75) is 12.8 Å². The van der Waals surface area contributed by atoms with E-state index < -0.39 is 0 Å². The van der Waals surface area contributed by atoms with E-state index in [1.807, 2.05) is 4.90 Å². The van der Waals surface area contributed by atoms with E-state index in [1.54, 1.807) is 6.07 Å². The number of likely N-dealkylation sites (tertiary alicyclic amines) is 1. The Bertz CT molecular complexity index is 467. The summed E-state index contributed by atoms with van der Waals surface area (Å²) in [7, 11) is 4.16. The van der Waals surface area contributed by atoms with Crippen molar-refractivity contribution in [2.75, 3.05) is 33.7 Å². The maximum Gasteiger partial charge on any atom is 0.255 e. The fourth-order valence-electron chi connectivity index (χ4n) is 2.56. The zero-order chi connectivity index (χ0) is 13.8. The van der Waals surface area contributed by atoms with Crippen LogP contribution in [-0.4, -0.2) is 54.4 Å². The highest BCUT2D eigenvalue weighted by molar-refractivity contribution is 5.93. The Morgan fingerprint density at radius 2 is 2.05 bits per heavy atom. The van der Waals surface area contributed by atoms with Crippen LogP contribution >= 0.6 is 0 Å². The van der Waals surface area contributed by atoms with E-state index in [4.69, 9.17) is 0 Å². The van der Waals surface area contributed by atoms with E-state index >= 15 is 0 Å². The Hall–Kier alpha value is -1.62. The second kappa shape index (κ2) is 6.02. The van der Waals surface area contributed by atoms with E-state index in [0.29, 0.717) is 11.5 Å². The molecule has 0 spiro atoms. The number of hydrogen-bond donors (Lipinski definition) is 1. The molecule has 0 unspecified atom stereocenters. The first-order chi connectivity index (χ1) is 9.06. The van der Waals surface area contributed by atoms with E-state index in [0.717, 1.165) is 32.5 Å². The SMILES string of the molecule is CN(C)CC1CCN(C(=O)c2ccc(=O)[nH]c2)CC1. The van der Waals surface area contributed by atoms with Crippen molar-refractivity contribution in [3.63, 3.8) is 0 Å². The molecule has 1 N–H and O–H groups in total. The third kappa shape index (κ3) is 3.67. The summed E-state index contributed by atoms with van der Waals surface area (Å²) < 4.78 is 0. The molecule has 1 aromatic rings. The Balaban J connectivity index is 1.92. The molecule has 2 rings (SSSR count). The monoisotopic (exact) mass is 263 g/mol. The number of aromatic amines is 1. The van der Waals surface area contributed by atoms with Crippen molar-refractivity contribution < 1.29 is 4.79 Å². The molecule has 1 aromatic heterocycles. The van der Waals surface area contributed by atoms with Gasteiger partial charge < -0.3 is 14.8 Å². The summed E-state index contributed by atoms with van der Waals surface area (Å²) in [5, 5.41) is 0. The average Bonchev–Trinajstić information content (AvgIpc) is 2.39. The van der Waals surface area contributed by atoms with Crippen molar-refractivity contribution in [3.05, 3.63) is 34.2 Å². The molecule has 1 amide bonds. The van der Waals surface area contributed by atoms with Crippen LogP contribution < -0.4 is 5.56 Å². The number of carbonyl (C=O) groups is 1. The van der Waals surface area contributed by atoms with Gasteiger partial charge in [-0.2, -0.15) is 0 Å². The second-order valence-corrected chi connectivity index (χ2v) is 5.44. The number of piperidine rings is 1. The Morgan fingerprint density at radius 1 is 1.37 bits per heavy atom. The number of aromatic nitrogens is 1. The molecule has 0 saturated carbocycles. The van der Waals surface area contributed by atoms with Crippen LogP contribution in [0.5, 0.6) is 0 Å². The van der Waals surface area contributed by atoms with E-state index in [9.17, 15) is 9.59 Å². The Morgan fingerprint density at radius 3 is 2.58 bits per heavy atom. The molecule has 0 bridgehead atoms. The van der Waals surface area contributed by atoms with Crippen LogP contribution in [0, 0.1) is 5.92 Å². The number of nitrogens with zero attached hydrogens (tertiary/aromatic N) is 2. The average molecular weight is 263 g/mol. The molecule has 1 aliphatic rings. The minimum atomic E-state index is -0.179. The Labute approximate surface area is 113 Å². The normalized spacial score (nSPS) is 16.9. The molecule has 0 radical (unpaired) electrons. The second-order valence-electron chi connectivity index (χ2n) is 5.44. The van der Waals surface area contributed by atoms with Crippen molar-refractivity contribution in [2.24, 2.45) is 5.92 Å². The minimum absolute atomic E-state index is 0.0135. The summed E-state index contributed by atoms with van der Waals surface area (Å²) in [4.78, 5) is 29.8. The van der Waals surface area contributed by atoms with E-state index in [-0.39, 0.29) is 11.5 Å². The summed E-state index contributed by atoms with van der Waals surface area (Å²) in [5.41, 5.74) is 0.381. The lowest BCUT2D eigenvalue weighted by Crippen LogP contribution is -2.40. The summed E-state index contributed by atoms with van der Waals surface area (Å²) >= 11 is 0. The third-order valence-corrected chi connectivity index (χ3v) is 3.56. The fourth-order valence-corrected chi connectivity index (χ4v) is 2.56. The minimum Gasteiger partial charge on any atom is -0.339 e. The van der Waals surface area contributed by atoms with Crippen LogP contribution in [-0.2, 0) is 0 Å². The molecule has 0 aromatic carbocycles. The molecule has 1 saturated heterocycles. The van der Waals surface area contributed by atoms with Crippen LogP contribution in [0.3, 0.4) is 0 Å². The van der Waals surface area contributed by atoms with Crippen LogP contribution in [0.25, 0.3) is 0 Å². The standard InChI is InChI=1S/C14H21N3O2/c1-16(2)10-11-5-7-17(8-6-11)14(19)12-3-4-13(18)15-9-12/h3-4,9,11H,5-8,10H2,1-2H3,(H,15,18). The van der Waals surface area contributed by atoms with Crippen molar-refractivity contribution >= 4 is 5.91 Å². The number of amides is 1. The van der Waals surface area contributed by atoms with Gasteiger partial charge in [0.05, 0.1) is 5.56 Å². The molecule has 19 heavy (non-hydrogen) atoms. The lowest BCUT2D eigenvalue weighted by atomic mass is 9.96. The summed E-state index contributed by atoms with van der Waals surface area (Å²) in [6.45, 7) is 2.69. The predicted molar refractivity (Wildman–Crippen MR) is 74.2 cm³/mol. The first-order valence-corrected chi connectivity index (χ1v) is 6.69. The quantitative estimate of drug-likeness (QED) is 0.877. The summed E-state index contributed by atoms with van der Waals surface area (Å²) in [5.74, 6) is 0.689. The predicted octanol–water partition coefficient (Wildman–Crippen LogP) is 0.789. The van der Waals surface area contributed by atoms with Gasteiger partial charge in [0, 0.05) is 31.9 Å². The molecular formula is C14H21N3O2. The van der Waals surface area contributed by atoms with Crippen molar-refractivity contribution in [3.8, 4) is 0 Å². The van der Waals surface area contributed by atoms with Crippen LogP contribution in [0.1, 0.15) is 23.2 Å². The molecule has 0 aliphatic carbocycles. The number of H-pyrrole nitrogens is 1. The largest absolute Gasteiger partial charge is 0.339 e. The number of hydrogen-bond acceptors (Lipinski definition) is 3. The highest BCUT2D eigenvalue weighted by Crippen LogP contribution is 2.19. The van der Waals surface area contributed by atoms with Gasteiger partial charge in [-0.1, -0.05) is 0 Å². The van der Waals surface area contributed by atoms with Crippen LogP contribution in [0.4, 0.5) is 0 Å². The lowest BCUT2D eigenvalue weighted by molar-refractivity contribution is 0.0677. The van der Waals surface area contributed by atoms with Gasteiger partial charge in [0.2, 0.25) is 5.56 Å². The first kappa shape index (κ1) is 13.8. The number of pyridine rings is 1. The van der Waals surface area contributed by atoms with Gasteiger partial charge in [0.15, 0.2) is 0 Å². The van der Waals surface area contributed by atoms with Gasteiger partial charge in [0.25, 0.3) is 5.91 Å². The molecule has 5 nitrogen and oxygen atoms in total. The van der Waals surface area contributed by atoms with Crippen LogP contribution in [0.15, 0.2) is 23.1 Å². The third-order valence-electron chi connectivity index (χ3n) is 3.56. The van der Waals surface area contributed by atoms with Crippen molar-refractivity contribution in [1.82, 2.24) is 14.8 Å². The smallest absolute Gasteiger partial charge is 0.255 e. The van der Waals surface area contributed by atoms with Gasteiger partial charge in [-0.25, -0.2) is 0 Å². The number of rotatable bonds is 3. The molecule has 2 heterocycles. The maximum absolute atomic E-state index is 12.2. The zero-order valence-electron chi connectivity index (χ0n) is 11.6. The molecule has 104 valence electrons. The zero-order valence-corrected chi connectivity index (χ0v) is 11.6. The van der Waals surface area contributed by atoms with E-state index in [1.165, 1.54) is 12.3 Å². The van der Waals surface area contributed by atoms with Gasteiger partial charge in [0.1, 0.15) is 0 Å². The fraction of sp³-hybridized carbons (Fsp3) is 0.571. The first-order valence-electron chi connectivity index (χ1n) is 6.69. The number of carbonyl (C=O) groups excluding carboxylic acids is 1. The lowest BCUT2D eigenvalue weighted by Gasteiger charge is -2.33. The molecule has 5 heteroatoms. The van der Waals surface area contributed by atoms with Crippen molar-refractivity contribution in [1.29, 1.82) is 0 Å². The highest BCUT2D eigenvalue weighted by atomic mass is 16.2. The van der Waals surface area contributed by atoms with Crippen LogP contribution in [0.2, 0.25) is 0 Å². The van der Waals surface area contributed by atoms with Gasteiger partial charge in [-0.15, -0.1) is 0 Å². The van der Waals surface area contributed by atoms with E-state index in [2.05, 4.69) is 24.0 Å². The summed E-state index contributed by atoms with van der Waals surface area (Å²) in [6.07, 6.45) is 3.59. The maximum atomic E-state index is 12.2.